The second-order valence-electron chi connectivity index (χ2n) is 6.82. The Morgan fingerprint density at radius 3 is 2.65 bits per heavy atom. The molecule has 1 fully saturated rings. The first-order valence-corrected chi connectivity index (χ1v) is 10.9. The van der Waals surface area contributed by atoms with E-state index in [2.05, 4.69) is 53.6 Å². The molecule has 0 radical (unpaired) electrons. The highest BCUT2D eigenvalue weighted by molar-refractivity contribution is 8.02. The summed E-state index contributed by atoms with van der Waals surface area (Å²) in [5, 5.41) is 12.3. The average molecular weight is 391 g/mol. The van der Waals surface area contributed by atoms with Gasteiger partial charge in [0.1, 0.15) is 0 Å². The number of benzene rings is 1. The van der Waals surface area contributed by atoms with Gasteiger partial charge in [0.15, 0.2) is 4.34 Å². The average Bonchev–Trinajstić information content (AvgIpc) is 3.09. The lowest BCUT2D eigenvalue weighted by atomic mass is 9.99. The number of hydrogen-bond donors (Lipinski definition) is 1. The van der Waals surface area contributed by atoms with Crippen LogP contribution in [0.5, 0.6) is 0 Å². The first-order valence-electron chi connectivity index (χ1n) is 9.20. The largest absolute Gasteiger partial charge is 0.342 e. The van der Waals surface area contributed by atoms with Crippen molar-refractivity contribution in [2.75, 3.05) is 18.4 Å². The third-order valence-corrected chi connectivity index (χ3v) is 6.75. The molecule has 1 aliphatic rings. The molecule has 2 aromatic rings. The number of thioether (sulfide) groups is 1. The summed E-state index contributed by atoms with van der Waals surface area (Å²) in [6.07, 6.45) is 3.24. The molecule has 1 atom stereocenters. The quantitative estimate of drug-likeness (QED) is 0.732. The fourth-order valence-electron chi connectivity index (χ4n) is 2.94. The van der Waals surface area contributed by atoms with Gasteiger partial charge in [-0.2, -0.15) is 0 Å². The molecule has 1 aliphatic heterocycles. The standard InChI is InChI=1S/C19H26N4OS2/c1-4-15-5-7-16(8-6-15)20-18-21-22-19(26-18)25-14(3)17(24)23-11-9-13(2)10-12-23/h5-8,13-14H,4,9-12H2,1-3H3,(H,20,21)/t14-/m0/s1. The molecule has 0 aliphatic carbocycles. The van der Waals surface area contributed by atoms with Crippen LogP contribution in [0.15, 0.2) is 28.6 Å². The predicted molar refractivity (Wildman–Crippen MR) is 109 cm³/mol. The summed E-state index contributed by atoms with van der Waals surface area (Å²) in [5.74, 6) is 0.937. The molecular formula is C19H26N4OS2. The molecule has 140 valence electrons. The number of nitrogens with one attached hydrogen (secondary N) is 1. The summed E-state index contributed by atoms with van der Waals surface area (Å²) < 4.78 is 0.823. The fraction of sp³-hybridized carbons (Fsp3) is 0.526. The van der Waals surface area contributed by atoms with Gasteiger partial charge in [0.25, 0.3) is 0 Å². The molecule has 2 heterocycles. The molecule has 5 nitrogen and oxygen atoms in total. The Morgan fingerprint density at radius 1 is 1.31 bits per heavy atom. The van der Waals surface area contributed by atoms with Crippen LogP contribution in [-0.4, -0.2) is 39.3 Å². The number of likely N-dealkylation sites (tertiary alicyclic amines) is 1. The van der Waals surface area contributed by atoms with E-state index in [0.29, 0.717) is 0 Å². The zero-order valence-electron chi connectivity index (χ0n) is 15.6. The van der Waals surface area contributed by atoms with Crippen molar-refractivity contribution in [2.24, 2.45) is 5.92 Å². The number of carbonyl (C=O) groups excluding carboxylic acids is 1. The SMILES string of the molecule is CCc1ccc(Nc2nnc(S[C@@H](C)C(=O)N3CCC(C)CC3)s2)cc1. The Kier molecular flexibility index (Phi) is 6.53. The van der Waals surface area contributed by atoms with Crippen LogP contribution in [0.25, 0.3) is 0 Å². The molecule has 1 amide bonds. The molecule has 1 aromatic carbocycles. The molecule has 0 unspecified atom stereocenters. The minimum atomic E-state index is -0.131. The van der Waals surface area contributed by atoms with Crippen LogP contribution in [0, 0.1) is 5.92 Å². The summed E-state index contributed by atoms with van der Waals surface area (Å²) >= 11 is 2.99. The molecule has 0 spiro atoms. The molecule has 1 aromatic heterocycles. The van der Waals surface area contributed by atoms with Crippen molar-refractivity contribution < 1.29 is 4.79 Å². The number of hydrogen-bond acceptors (Lipinski definition) is 6. The number of carbonyl (C=O) groups is 1. The first kappa shape index (κ1) is 19.2. The second-order valence-corrected chi connectivity index (χ2v) is 9.38. The summed E-state index contributed by atoms with van der Waals surface area (Å²) in [6, 6.07) is 8.32. The molecule has 7 heteroatoms. The topological polar surface area (TPSA) is 58.1 Å². The maximum atomic E-state index is 12.6. The van der Waals surface area contributed by atoms with Gasteiger partial charge in [-0.25, -0.2) is 0 Å². The van der Waals surface area contributed by atoms with E-state index in [0.717, 1.165) is 53.4 Å². The summed E-state index contributed by atoms with van der Waals surface area (Å²) in [5.41, 5.74) is 2.31. The van der Waals surface area contributed by atoms with Gasteiger partial charge in [0.05, 0.1) is 5.25 Å². The van der Waals surface area contributed by atoms with Crippen LogP contribution in [0.4, 0.5) is 10.8 Å². The minimum Gasteiger partial charge on any atom is -0.342 e. The summed E-state index contributed by atoms with van der Waals surface area (Å²) in [6.45, 7) is 8.11. The van der Waals surface area contributed by atoms with Crippen LogP contribution in [-0.2, 0) is 11.2 Å². The van der Waals surface area contributed by atoms with Crippen LogP contribution in [0.3, 0.4) is 0 Å². The van der Waals surface area contributed by atoms with Gasteiger partial charge in [-0.15, -0.1) is 10.2 Å². The predicted octanol–water partition coefficient (Wildman–Crippen LogP) is 4.58. The van der Waals surface area contributed by atoms with Gasteiger partial charge in [0.2, 0.25) is 11.0 Å². The third kappa shape index (κ3) is 4.98. The molecular weight excluding hydrogens is 364 g/mol. The van der Waals surface area contributed by atoms with Crippen molar-refractivity contribution in [1.29, 1.82) is 0 Å². The Balaban J connectivity index is 1.54. The number of aromatic nitrogens is 2. The maximum Gasteiger partial charge on any atom is 0.235 e. The highest BCUT2D eigenvalue weighted by atomic mass is 32.2. The van der Waals surface area contributed by atoms with Crippen LogP contribution in [0.2, 0.25) is 0 Å². The Morgan fingerprint density at radius 2 is 2.00 bits per heavy atom. The Bertz CT molecular complexity index is 723. The molecule has 3 rings (SSSR count). The van der Waals surface area contributed by atoms with Crippen LogP contribution in [0.1, 0.15) is 39.2 Å². The molecule has 1 N–H and O–H groups in total. The van der Waals surface area contributed by atoms with Gasteiger partial charge in [-0.1, -0.05) is 49.1 Å². The van der Waals surface area contributed by atoms with E-state index in [1.165, 1.54) is 28.7 Å². The van der Waals surface area contributed by atoms with Crippen molar-refractivity contribution in [3.63, 3.8) is 0 Å². The van der Waals surface area contributed by atoms with E-state index in [1.807, 2.05) is 11.8 Å². The normalized spacial score (nSPS) is 16.5. The lowest BCUT2D eigenvalue weighted by Crippen LogP contribution is -2.41. The Hall–Kier alpha value is -1.60. The molecule has 1 saturated heterocycles. The van der Waals surface area contributed by atoms with Gasteiger partial charge in [0, 0.05) is 18.8 Å². The van der Waals surface area contributed by atoms with Gasteiger partial charge >= 0.3 is 0 Å². The molecule has 0 bridgehead atoms. The number of aryl methyl sites for hydroxylation is 1. The van der Waals surface area contributed by atoms with Gasteiger partial charge < -0.3 is 10.2 Å². The zero-order valence-corrected chi connectivity index (χ0v) is 17.2. The monoisotopic (exact) mass is 390 g/mol. The Labute approximate surface area is 163 Å². The van der Waals surface area contributed by atoms with Crippen molar-refractivity contribution in [3.8, 4) is 0 Å². The highest BCUT2D eigenvalue weighted by Gasteiger charge is 2.26. The maximum absolute atomic E-state index is 12.6. The van der Waals surface area contributed by atoms with Crippen molar-refractivity contribution in [1.82, 2.24) is 15.1 Å². The van der Waals surface area contributed by atoms with E-state index in [1.54, 1.807) is 0 Å². The number of piperidine rings is 1. The lowest BCUT2D eigenvalue weighted by Gasteiger charge is -2.31. The second kappa shape index (κ2) is 8.86. The van der Waals surface area contributed by atoms with E-state index in [-0.39, 0.29) is 11.2 Å². The number of nitrogens with zero attached hydrogens (tertiary/aromatic N) is 3. The van der Waals surface area contributed by atoms with E-state index >= 15 is 0 Å². The molecule has 0 saturated carbocycles. The van der Waals surface area contributed by atoms with Crippen molar-refractivity contribution in [2.45, 2.75) is 49.6 Å². The number of rotatable bonds is 6. The lowest BCUT2D eigenvalue weighted by molar-refractivity contribution is -0.131. The van der Waals surface area contributed by atoms with Gasteiger partial charge in [-0.05, 0) is 49.8 Å². The highest BCUT2D eigenvalue weighted by Crippen LogP contribution is 2.31. The number of anilines is 2. The summed E-state index contributed by atoms with van der Waals surface area (Å²) in [4.78, 5) is 14.6. The van der Waals surface area contributed by atoms with E-state index < -0.39 is 0 Å². The van der Waals surface area contributed by atoms with Crippen molar-refractivity contribution in [3.05, 3.63) is 29.8 Å². The van der Waals surface area contributed by atoms with Crippen molar-refractivity contribution >= 4 is 39.8 Å². The minimum absolute atomic E-state index is 0.131. The van der Waals surface area contributed by atoms with E-state index in [9.17, 15) is 4.79 Å². The van der Waals surface area contributed by atoms with E-state index in [4.69, 9.17) is 0 Å². The van der Waals surface area contributed by atoms with Crippen LogP contribution >= 0.6 is 23.1 Å². The number of amides is 1. The van der Waals surface area contributed by atoms with Gasteiger partial charge in [-0.3, -0.25) is 4.79 Å². The smallest absolute Gasteiger partial charge is 0.235 e. The first-order chi connectivity index (χ1) is 12.5. The summed E-state index contributed by atoms with van der Waals surface area (Å²) in [7, 11) is 0. The third-order valence-electron chi connectivity index (χ3n) is 4.74. The zero-order chi connectivity index (χ0) is 18.5. The van der Waals surface area contributed by atoms with Crippen LogP contribution < -0.4 is 5.32 Å². The molecule has 26 heavy (non-hydrogen) atoms. The fourth-order valence-corrected chi connectivity index (χ4v) is 4.94.